The first-order valence-corrected chi connectivity index (χ1v) is 11.0. The Kier molecular flexibility index (Phi) is 7.33. The number of benzene rings is 2. The fourth-order valence-corrected chi connectivity index (χ4v) is 4.06. The molecule has 1 saturated heterocycles. The summed E-state index contributed by atoms with van der Waals surface area (Å²) in [6.45, 7) is 6.63. The van der Waals surface area contributed by atoms with E-state index >= 15 is 0 Å². The Hall–Kier alpha value is -3.15. The van der Waals surface area contributed by atoms with Gasteiger partial charge in [-0.1, -0.05) is 57.9 Å². The van der Waals surface area contributed by atoms with Gasteiger partial charge in [-0.25, -0.2) is 4.39 Å². The molecule has 1 aliphatic rings. The van der Waals surface area contributed by atoms with Crippen molar-refractivity contribution in [1.29, 1.82) is 0 Å². The van der Waals surface area contributed by atoms with E-state index in [1.54, 1.807) is 0 Å². The number of hydrogen-bond acceptors (Lipinski definition) is 4. The standard InChI is InChI=1S/C26H30FNO4/c1-5-6-7-14-28-23(18-10-8-17(9-11-18)16(2)3)22(25(30)26(28)31)24(29)20-15-19(27)12-13-21(20)32-4/h8-13,15-16,23,29H,5-7,14H2,1-4H3/b24-22+. The number of likely N-dealkylation sites (tertiary alicyclic amines) is 1. The van der Waals surface area contributed by atoms with Crippen molar-refractivity contribution in [1.82, 2.24) is 4.90 Å². The van der Waals surface area contributed by atoms with Gasteiger partial charge in [0, 0.05) is 6.54 Å². The van der Waals surface area contributed by atoms with Crippen LogP contribution in [0.25, 0.3) is 5.76 Å². The summed E-state index contributed by atoms with van der Waals surface area (Å²) < 4.78 is 19.2. The van der Waals surface area contributed by atoms with Crippen molar-refractivity contribution in [2.45, 2.75) is 52.0 Å². The van der Waals surface area contributed by atoms with Crippen LogP contribution in [0.5, 0.6) is 5.75 Å². The number of nitrogens with zero attached hydrogens (tertiary/aromatic N) is 1. The van der Waals surface area contributed by atoms with Crippen molar-refractivity contribution in [3.8, 4) is 5.75 Å². The molecule has 0 radical (unpaired) electrons. The summed E-state index contributed by atoms with van der Waals surface area (Å²) in [4.78, 5) is 27.5. The van der Waals surface area contributed by atoms with E-state index in [2.05, 4.69) is 20.8 Å². The van der Waals surface area contributed by atoms with Crippen molar-refractivity contribution in [3.63, 3.8) is 0 Å². The maximum absolute atomic E-state index is 14.0. The molecule has 1 fully saturated rings. The maximum atomic E-state index is 14.0. The number of ether oxygens (including phenoxy) is 1. The molecule has 0 spiro atoms. The maximum Gasteiger partial charge on any atom is 0.295 e. The minimum atomic E-state index is -0.775. The summed E-state index contributed by atoms with van der Waals surface area (Å²) >= 11 is 0. The molecule has 0 aliphatic carbocycles. The van der Waals surface area contributed by atoms with E-state index in [1.807, 2.05) is 24.3 Å². The fraction of sp³-hybridized carbons (Fsp3) is 0.385. The summed E-state index contributed by atoms with van der Waals surface area (Å²) in [6, 6.07) is 10.7. The van der Waals surface area contributed by atoms with Crippen molar-refractivity contribution in [3.05, 3.63) is 70.5 Å². The number of aliphatic hydroxyl groups is 1. The number of carbonyl (C=O) groups excluding carboxylic acids is 2. The van der Waals surface area contributed by atoms with Gasteiger partial charge in [0.1, 0.15) is 17.3 Å². The Morgan fingerprint density at radius 1 is 1.12 bits per heavy atom. The number of Topliss-reactive ketones (excluding diaryl/α,β-unsaturated/α-hetero) is 1. The minimum Gasteiger partial charge on any atom is -0.507 e. The molecule has 2 aromatic carbocycles. The van der Waals surface area contributed by atoms with Crippen molar-refractivity contribution < 1.29 is 23.8 Å². The van der Waals surface area contributed by atoms with Gasteiger partial charge in [-0.05, 0) is 41.7 Å². The number of halogens is 1. The number of carbonyl (C=O) groups is 2. The third-order valence-electron chi connectivity index (χ3n) is 5.88. The van der Waals surface area contributed by atoms with Crippen molar-refractivity contribution in [2.24, 2.45) is 0 Å². The lowest BCUT2D eigenvalue weighted by Crippen LogP contribution is -2.30. The van der Waals surface area contributed by atoms with Crippen LogP contribution < -0.4 is 4.74 Å². The molecule has 1 aliphatic heterocycles. The Balaban J connectivity index is 2.17. The van der Waals surface area contributed by atoms with E-state index in [0.717, 1.165) is 36.5 Å². The molecule has 1 amide bonds. The van der Waals surface area contributed by atoms with Crippen LogP contribution in [0.2, 0.25) is 0 Å². The van der Waals surface area contributed by atoms with Crippen LogP contribution in [0.1, 0.15) is 68.7 Å². The van der Waals surface area contributed by atoms with E-state index in [0.29, 0.717) is 12.5 Å². The van der Waals surface area contributed by atoms with E-state index in [9.17, 15) is 19.1 Å². The molecule has 0 bridgehead atoms. The number of ketones is 1. The second kappa shape index (κ2) is 9.98. The second-order valence-corrected chi connectivity index (χ2v) is 8.37. The number of unbranched alkanes of at least 4 members (excludes halogenated alkanes) is 2. The molecule has 2 aromatic rings. The average Bonchev–Trinajstić information content (AvgIpc) is 3.03. The van der Waals surface area contributed by atoms with Crippen molar-refractivity contribution in [2.75, 3.05) is 13.7 Å². The lowest BCUT2D eigenvalue weighted by atomic mass is 9.93. The smallest absolute Gasteiger partial charge is 0.295 e. The quantitative estimate of drug-likeness (QED) is 0.253. The molecule has 32 heavy (non-hydrogen) atoms. The highest BCUT2D eigenvalue weighted by molar-refractivity contribution is 6.46. The highest BCUT2D eigenvalue weighted by Gasteiger charge is 2.46. The summed E-state index contributed by atoms with van der Waals surface area (Å²) in [7, 11) is 1.40. The molecule has 0 aromatic heterocycles. The number of methoxy groups -OCH3 is 1. The first-order valence-electron chi connectivity index (χ1n) is 11.0. The highest BCUT2D eigenvalue weighted by atomic mass is 19.1. The molecule has 1 atom stereocenters. The Labute approximate surface area is 188 Å². The molecule has 170 valence electrons. The largest absolute Gasteiger partial charge is 0.507 e. The van der Waals surface area contributed by atoms with Crippen LogP contribution in [-0.2, 0) is 9.59 Å². The number of hydrogen-bond donors (Lipinski definition) is 1. The highest BCUT2D eigenvalue weighted by Crippen LogP contribution is 2.41. The summed E-state index contributed by atoms with van der Waals surface area (Å²) in [6.07, 6.45) is 2.63. The third-order valence-corrected chi connectivity index (χ3v) is 5.88. The normalized spacial score (nSPS) is 17.9. The molecule has 0 saturated carbocycles. The first-order chi connectivity index (χ1) is 15.3. The zero-order valence-electron chi connectivity index (χ0n) is 19.0. The first kappa shape index (κ1) is 23.5. The predicted octanol–water partition coefficient (Wildman–Crippen LogP) is 5.57. The van der Waals surface area contributed by atoms with Gasteiger partial charge in [-0.3, -0.25) is 9.59 Å². The fourth-order valence-electron chi connectivity index (χ4n) is 4.06. The van der Waals surface area contributed by atoms with Crippen LogP contribution >= 0.6 is 0 Å². The van der Waals surface area contributed by atoms with Gasteiger partial charge in [-0.2, -0.15) is 0 Å². The molecular formula is C26H30FNO4. The SMILES string of the molecule is CCCCCN1C(=O)C(=O)/C(=C(/O)c2cc(F)ccc2OC)C1c1ccc(C(C)C)cc1. The summed E-state index contributed by atoms with van der Waals surface area (Å²) in [5.41, 5.74) is 1.85. The molecule has 6 heteroatoms. The molecule has 1 unspecified atom stereocenters. The van der Waals surface area contributed by atoms with Crippen LogP contribution in [0.15, 0.2) is 48.0 Å². The lowest BCUT2D eigenvalue weighted by molar-refractivity contribution is -0.139. The van der Waals surface area contributed by atoms with Crippen LogP contribution in [0, 0.1) is 5.82 Å². The van der Waals surface area contributed by atoms with E-state index in [4.69, 9.17) is 4.74 Å². The molecule has 1 N–H and O–H groups in total. The number of rotatable bonds is 8. The van der Waals surface area contributed by atoms with Gasteiger partial charge in [0.2, 0.25) is 0 Å². The van der Waals surface area contributed by atoms with Crippen LogP contribution in [0.3, 0.4) is 0 Å². The van der Waals surface area contributed by atoms with Gasteiger partial charge in [0.25, 0.3) is 11.7 Å². The van der Waals surface area contributed by atoms with Crippen LogP contribution in [-0.4, -0.2) is 35.4 Å². The van der Waals surface area contributed by atoms with Crippen LogP contribution in [0.4, 0.5) is 4.39 Å². The van der Waals surface area contributed by atoms with Gasteiger partial charge in [0.05, 0.1) is 24.3 Å². The van der Waals surface area contributed by atoms with Gasteiger partial charge >= 0.3 is 0 Å². The monoisotopic (exact) mass is 439 g/mol. The zero-order chi connectivity index (χ0) is 23.4. The van der Waals surface area contributed by atoms with Gasteiger partial charge < -0.3 is 14.7 Å². The minimum absolute atomic E-state index is 0.0443. The van der Waals surface area contributed by atoms with E-state index in [-0.39, 0.29) is 16.9 Å². The Bertz CT molecular complexity index is 1030. The molecule has 1 heterocycles. The molecule has 3 rings (SSSR count). The average molecular weight is 440 g/mol. The molecular weight excluding hydrogens is 409 g/mol. The zero-order valence-corrected chi connectivity index (χ0v) is 19.0. The van der Waals surface area contributed by atoms with Gasteiger partial charge in [-0.15, -0.1) is 0 Å². The number of amides is 1. The van der Waals surface area contributed by atoms with Crippen molar-refractivity contribution >= 4 is 17.4 Å². The van der Waals surface area contributed by atoms with E-state index < -0.39 is 29.3 Å². The summed E-state index contributed by atoms with van der Waals surface area (Å²) in [5, 5.41) is 11.1. The summed E-state index contributed by atoms with van der Waals surface area (Å²) in [5.74, 6) is -1.90. The topological polar surface area (TPSA) is 66.8 Å². The predicted molar refractivity (Wildman–Crippen MR) is 122 cm³/mol. The molecule has 5 nitrogen and oxygen atoms in total. The number of aliphatic hydroxyl groups excluding tert-OH is 1. The lowest BCUT2D eigenvalue weighted by Gasteiger charge is -2.26. The van der Waals surface area contributed by atoms with E-state index in [1.165, 1.54) is 24.1 Å². The van der Waals surface area contributed by atoms with Gasteiger partial charge in [0.15, 0.2) is 0 Å². The Morgan fingerprint density at radius 2 is 1.81 bits per heavy atom. The third kappa shape index (κ3) is 4.54. The Morgan fingerprint density at radius 3 is 2.41 bits per heavy atom. The second-order valence-electron chi connectivity index (χ2n) is 8.37.